The van der Waals surface area contributed by atoms with Crippen LogP contribution in [0.15, 0.2) is 18.2 Å². The molecule has 1 aromatic heterocycles. The van der Waals surface area contributed by atoms with E-state index >= 15 is 0 Å². The molecule has 0 aliphatic carbocycles. The summed E-state index contributed by atoms with van der Waals surface area (Å²) in [5, 5.41) is 2.96. The average Bonchev–Trinajstić information content (AvgIpc) is 3.41. The zero-order chi connectivity index (χ0) is 24.8. The van der Waals surface area contributed by atoms with E-state index in [-0.39, 0.29) is 35.5 Å². The Labute approximate surface area is 202 Å². The van der Waals surface area contributed by atoms with E-state index in [9.17, 15) is 14.4 Å². The van der Waals surface area contributed by atoms with Crippen LogP contribution in [0.2, 0.25) is 0 Å². The van der Waals surface area contributed by atoms with Crippen molar-refractivity contribution in [1.82, 2.24) is 14.6 Å². The van der Waals surface area contributed by atoms with Gasteiger partial charge in [-0.1, -0.05) is 33.3 Å². The quantitative estimate of drug-likeness (QED) is 0.439. The summed E-state index contributed by atoms with van der Waals surface area (Å²) >= 11 is 0.797. The fraction of sp³-hybridized carbons (Fsp3) is 0.478. The van der Waals surface area contributed by atoms with Crippen LogP contribution in [0.25, 0.3) is 0 Å². The normalized spacial score (nSPS) is 13.1. The third-order valence-corrected chi connectivity index (χ3v) is 6.32. The molecule has 1 atom stereocenters. The lowest BCUT2D eigenvalue weighted by Crippen LogP contribution is -2.49. The number of ether oxygens (including phenoxy) is 2. The molecule has 184 valence electrons. The number of amides is 3. The molecule has 1 aliphatic rings. The number of nitrogens with one attached hydrogen (secondary N) is 1. The van der Waals surface area contributed by atoms with E-state index in [2.05, 4.69) is 23.5 Å². The summed E-state index contributed by atoms with van der Waals surface area (Å²) in [5.74, 6) is 0.0854. The lowest BCUT2D eigenvalue weighted by Gasteiger charge is -2.31. The van der Waals surface area contributed by atoms with Crippen molar-refractivity contribution in [3.8, 4) is 11.5 Å². The average molecular weight is 490 g/mol. The Morgan fingerprint density at radius 2 is 1.94 bits per heavy atom. The van der Waals surface area contributed by atoms with Gasteiger partial charge in [-0.25, -0.2) is 0 Å². The molecule has 0 saturated carbocycles. The second-order valence-electron chi connectivity index (χ2n) is 8.54. The zero-order valence-electron chi connectivity index (χ0n) is 19.6. The first kappa shape index (κ1) is 25.3. The first-order valence-corrected chi connectivity index (χ1v) is 12.0. The Morgan fingerprint density at radius 3 is 2.59 bits per heavy atom. The van der Waals surface area contributed by atoms with Gasteiger partial charge in [0.2, 0.25) is 12.7 Å². The van der Waals surface area contributed by atoms with Crippen molar-refractivity contribution in [2.24, 2.45) is 11.7 Å². The highest BCUT2D eigenvalue weighted by Gasteiger charge is 2.33. The number of rotatable bonds is 11. The number of fused-ring (bicyclic) bond motifs is 1. The maximum atomic E-state index is 13.7. The predicted octanol–water partition coefficient (Wildman–Crippen LogP) is 2.53. The molecule has 1 aliphatic heterocycles. The Morgan fingerprint density at radius 1 is 1.21 bits per heavy atom. The number of benzene rings is 1. The largest absolute Gasteiger partial charge is 0.454 e. The molecule has 1 unspecified atom stereocenters. The van der Waals surface area contributed by atoms with Crippen LogP contribution in [-0.2, 0) is 11.3 Å². The summed E-state index contributed by atoms with van der Waals surface area (Å²) in [6.07, 6.45) is 1.95. The Kier molecular flexibility index (Phi) is 8.32. The van der Waals surface area contributed by atoms with Crippen molar-refractivity contribution in [3.05, 3.63) is 34.3 Å². The fourth-order valence-corrected chi connectivity index (χ4v) is 4.38. The number of carbonyl (C=O) groups is 3. The fourth-order valence-electron chi connectivity index (χ4n) is 3.62. The molecule has 1 aromatic carbocycles. The van der Waals surface area contributed by atoms with Gasteiger partial charge < -0.3 is 31.2 Å². The van der Waals surface area contributed by atoms with Crippen molar-refractivity contribution in [2.75, 3.05) is 19.1 Å². The van der Waals surface area contributed by atoms with Crippen molar-refractivity contribution in [3.63, 3.8) is 0 Å². The number of aromatic nitrogens is 1. The summed E-state index contributed by atoms with van der Waals surface area (Å²) in [7, 11) is 0. The first-order chi connectivity index (χ1) is 16.2. The van der Waals surface area contributed by atoms with E-state index in [1.165, 1.54) is 4.90 Å². The summed E-state index contributed by atoms with van der Waals surface area (Å²) in [6, 6.07) is 4.63. The van der Waals surface area contributed by atoms with Gasteiger partial charge in [-0.15, -0.1) is 0 Å². The molecule has 2 aromatic rings. The van der Waals surface area contributed by atoms with Crippen molar-refractivity contribution < 1.29 is 23.9 Å². The van der Waals surface area contributed by atoms with E-state index in [4.69, 9.17) is 20.9 Å². The first-order valence-electron chi connectivity index (χ1n) is 11.2. The number of hydrogen-bond donors (Lipinski definition) is 3. The zero-order valence-corrected chi connectivity index (χ0v) is 20.4. The predicted molar refractivity (Wildman–Crippen MR) is 129 cm³/mol. The SMILES string of the molecule is CCCC(C(=O)NCCC(C)C)N(Cc1ccc2c(c1)OCO2)C(=O)c1snc(C(N)=O)c1N. The molecular formula is C23H31N5O5S. The summed E-state index contributed by atoms with van der Waals surface area (Å²) in [6.45, 7) is 6.87. The van der Waals surface area contributed by atoms with Crippen molar-refractivity contribution >= 4 is 34.9 Å². The van der Waals surface area contributed by atoms with E-state index in [1.807, 2.05) is 13.0 Å². The smallest absolute Gasteiger partial charge is 0.270 e. The molecule has 34 heavy (non-hydrogen) atoms. The lowest BCUT2D eigenvalue weighted by atomic mass is 10.1. The highest BCUT2D eigenvalue weighted by molar-refractivity contribution is 7.09. The third-order valence-electron chi connectivity index (χ3n) is 5.47. The number of carbonyl (C=O) groups excluding carboxylic acids is 3. The molecule has 3 amide bonds. The topological polar surface area (TPSA) is 150 Å². The maximum absolute atomic E-state index is 13.7. The number of primary amides is 1. The van der Waals surface area contributed by atoms with Gasteiger partial charge in [0.15, 0.2) is 17.2 Å². The van der Waals surface area contributed by atoms with Crippen LogP contribution < -0.4 is 26.3 Å². The number of nitrogen functional groups attached to an aromatic ring is 1. The van der Waals surface area contributed by atoms with Crippen LogP contribution in [0.5, 0.6) is 11.5 Å². The summed E-state index contributed by atoms with van der Waals surface area (Å²) < 4.78 is 14.8. The number of nitrogens with two attached hydrogens (primary N) is 2. The Bertz CT molecular complexity index is 1050. The standard InChI is InChI=1S/C23H31N5O5S/c1-4-5-15(22(30)26-9-8-13(2)3)28(11-14-6-7-16-17(10-14)33-12-32-16)23(31)20-18(24)19(21(25)29)27-34-20/h6-7,10,13,15H,4-5,8-9,11-12,24H2,1-3H3,(H2,25,29)(H,26,30). The van der Waals surface area contributed by atoms with Crippen LogP contribution >= 0.6 is 11.5 Å². The molecule has 0 bridgehead atoms. The minimum Gasteiger partial charge on any atom is -0.454 e. The molecule has 0 spiro atoms. The number of anilines is 1. The molecule has 0 saturated heterocycles. The van der Waals surface area contributed by atoms with Crippen LogP contribution in [-0.4, -0.2) is 46.4 Å². The molecule has 10 nitrogen and oxygen atoms in total. The van der Waals surface area contributed by atoms with Crippen LogP contribution in [0.4, 0.5) is 5.69 Å². The lowest BCUT2D eigenvalue weighted by molar-refractivity contribution is -0.126. The second kappa shape index (κ2) is 11.2. The van der Waals surface area contributed by atoms with E-state index in [0.717, 1.165) is 23.5 Å². The molecule has 2 heterocycles. The van der Waals surface area contributed by atoms with Gasteiger partial charge >= 0.3 is 0 Å². The van der Waals surface area contributed by atoms with Gasteiger partial charge in [0.1, 0.15) is 10.9 Å². The van der Waals surface area contributed by atoms with Gasteiger partial charge in [-0.3, -0.25) is 14.4 Å². The van der Waals surface area contributed by atoms with Gasteiger partial charge in [-0.05, 0) is 48.0 Å². The van der Waals surface area contributed by atoms with Gasteiger partial charge in [0.25, 0.3) is 11.8 Å². The van der Waals surface area contributed by atoms with Crippen LogP contribution in [0.3, 0.4) is 0 Å². The van der Waals surface area contributed by atoms with Gasteiger partial charge in [-0.2, -0.15) is 4.37 Å². The van der Waals surface area contributed by atoms with E-state index < -0.39 is 17.9 Å². The van der Waals surface area contributed by atoms with E-state index in [1.54, 1.807) is 12.1 Å². The molecular weight excluding hydrogens is 458 g/mol. The minimum atomic E-state index is -0.813. The van der Waals surface area contributed by atoms with Crippen LogP contribution in [0, 0.1) is 5.92 Å². The van der Waals surface area contributed by atoms with Crippen LogP contribution in [0.1, 0.15) is 65.8 Å². The summed E-state index contributed by atoms with van der Waals surface area (Å²) in [4.78, 5) is 40.0. The molecule has 0 radical (unpaired) electrons. The Hall–Kier alpha value is -3.34. The highest BCUT2D eigenvalue weighted by atomic mass is 32.1. The van der Waals surface area contributed by atoms with Gasteiger partial charge in [0, 0.05) is 13.1 Å². The highest BCUT2D eigenvalue weighted by Crippen LogP contribution is 2.33. The van der Waals surface area contributed by atoms with E-state index in [0.29, 0.717) is 36.8 Å². The second-order valence-corrected chi connectivity index (χ2v) is 9.31. The minimum absolute atomic E-state index is 0.0747. The number of nitrogens with zero attached hydrogens (tertiary/aromatic N) is 2. The molecule has 11 heteroatoms. The maximum Gasteiger partial charge on any atom is 0.270 e. The van der Waals surface area contributed by atoms with Crippen molar-refractivity contribution in [1.29, 1.82) is 0 Å². The summed E-state index contributed by atoms with van der Waals surface area (Å²) in [5.41, 5.74) is 11.9. The monoisotopic (exact) mass is 489 g/mol. The number of hydrogen-bond acceptors (Lipinski definition) is 8. The molecule has 0 fully saturated rings. The van der Waals surface area contributed by atoms with Gasteiger partial charge in [0.05, 0.1) is 5.69 Å². The molecule has 3 rings (SSSR count). The third kappa shape index (κ3) is 5.77. The Balaban J connectivity index is 1.94. The molecule has 5 N–H and O–H groups in total. The van der Waals surface area contributed by atoms with Crippen molar-refractivity contribution in [2.45, 2.75) is 52.6 Å².